The molecule has 90 valence electrons. The lowest BCUT2D eigenvalue weighted by molar-refractivity contribution is 0.0122. The van der Waals surface area contributed by atoms with Crippen molar-refractivity contribution in [3.8, 4) is 0 Å². The van der Waals surface area contributed by atoms with Gasteiger partial charge in [0.25, 0.3) is 0 Å². The van der Waals surface area contributed by atoms with E-state index in [-0.39, 0.29) is 6.61 Å². The van der Waals surface area contributed by atoms with E-state index in [1.165, 1.54) is 0 Å². The maximum atomic E-state index is 10.9. The van der Waals surface area contributed by atoms with Crippen LogP contribution in [0.5, 0.6) is 0 Å². The second kappa shape index (κ2) is 9.73. The van der Waals surface area contributed by atoms with Gasteiger partial charge in [-0.25, -0.2) is 4.79 Å². The summed E-state index contributed by atoms with van der Waals surface area (Å²) in [5, 5.41) is 0. The summed E-state index contributed by atoms with van der Waals surface area (Å²) >= 11 is 0. The molecule has 0 saturated carbocycles. The monoisotopic (exact) mass is 220 g/mol. The number of hydrogen-bond acceptors (Lipinski definition) is 5. The summed E-state index contributed by atoms with van der Waals surface area (Å²) in [5.41, 5.74) is 0. The summed E-state index contributed by atoms with van der Waals surface area (Å²) in [6.07, 6.45) is -0.640. The second-order valence-corrected chi connectivity index (χ2v) is 3.41. The van der Waals surface area contributed by atoms with E-state index in [2.05, 4.69) is 0 Å². The van der Waals surface area contributed by atoms with Crippen molar-refractivity contribution in [3.63, 3.8) is 0 Å². The summed E-state index contributed by atoms with van der Waals surface area (Å²) in [7, 11) is 1.60. The molecule has 0 unspecified atom stereocenters. The highest BCUT2D eigenvalue weighted by Gasteiger charge is 2.04. The molecule has 0 aromatic rings. The Balaban J connectivity index is 3.17. The molecule has 0 radical (unpaired) electrons. The fourth-order valence-corrected chi connectivity index (χ4v) is 0.705. The molecule has 0 aromatic heterocycles. The largest absolute Gasteiger partial charge is 0.508 e. The minimum Gasteiger partial charge on any atom is -0.434 e. The molecule has 0 N–H and O–H groups in total. The fourth-order valence-electron chi connectivity index (χ4n) is 0.705. The van der Waals surface area contributed by atoms with Crippen LogP contribution in [0.3, 0.4) is 0 Å². The number of rotatable bonds is 8. The predicted molar refractivity (Wildman–Crippen MR) is 54.8 cm³/mol. The summed E-state index contributed by atoms with van der Waals surface area (Å²) in [6.45, 7) is 5.91. The first-order valence-corrected chi connectivity index (χ1v) is 5.03. The SMILES string of the molecule is COCCOCCOC(=O)OCC(C)C. The highest BCUT2D eigenvalue weighted by Crippen LogP contribution is 1.94. The third-order valence-corrected chi connectivity index (χ3v) is 1.41. The van der Waals surface area contributed by atoms with Gasteiger partial charge in [0, 0.05) is 7.11 Å². The molecular formula is C10H20O5. The summed E-state index contributed by atoms with van der Waals surface area (Å²) < 4.78 is 19.4. The number of hydrogen-bond donors (Lipinski definition) is 0. The average Bonchev–Trinajstić information content (AvgIpc) is 2.20. The quantitative estimate of drug-likeness (QED) is 0.458. The summed E-state index contributed by atoms with van der Waals surface area (Å²) in [4.78, 5) is 10.9. The molecule has 0 saturated heterocycles. The zero-order valence-corrected chi connectivity index (χ0v) is 9.65. The van der Waals surface area contributed by atoms with Gasteiger partial charge in [-0.15, -0.1) is 0 Å². The first-order chi connectivity index (χ1) is 7.16. The Hall–Kier alpha value is -0.810. The van der Waals surface area contributed by atoms with E-state index < -0.39 is 6.16 Å². The molecule has 15 heavy (non-hydrogen) atoms. The van der Waals surface area contributed by atoms with Crippen LogP contribution < -0.4 is 0 Å². The standard InChI is InChI=1S/C10H20O5/c1-9(2)8-15-10(11)14-7-6-13-5-4-12-3/h9H,4-8H2,1-3H3. The van der Waals surface area contributed by atoms with Crippen molar-refractivity contribution < 1.29 is 23.7 Å². The molecule has 0 spiro atoms. The van der Waals surface area contributed by atoms with Crippen LogP contribution in [0.15, 0.2) is 0 Å². The summed E-state index contributed by atoms with van der Waals surface area (Å²) in [6, 6.07) is 0. The molecule has 5 nitrogen and oxygen atoms in total. The molecule has 0 heterocycles. The Labute approximate surface area is 90.6 Å². The van der Waals surface area contributed by atoms with Crippen LogP contribution in [0.1, 0.15) is 13.8 Å². The van der Waals surface area contributed by atoms with Crippen molar-refractivity contribution in [1.82, 2.24) is 0 Å². The van der Waals surface area contributed by atoms with Gasteiger partial charge in [-0.2, -0.15) is 0 Å². The van der Waals surface area contributed by atoms with Crippen LogP contribution in [0.2, 0.25) is 0 Å². The molecular weight excluding hydrogens is 200 g/mol. The molecule has 0 aliphatic rings. The lowest BCUT2D eigenvalue weighted by Gasteiger charge is -2.08. The van der Waals surface area contributed by atoms with Gasteiger partial charge < -0.3 is 18.9 Å². The zero-order valence-electron chi connectivity index (χ0n) is 9.65. The van der Waals surface area contributed by atoms with Gasteiger partial charge in [-0.05, 0) is 5.92 Å². The Morgan fingerprint density at radius 1 is 1.07 bits per heavy atom. The van der Waals surface area contributed by atoms with Crippen molar-refractivity contribution in [2.75, 3.05) is 40.1 Å². The van der Waals surface area contributed by atoms with Gasteiger partial charge in [0.2, 0.25) is 0 Å². The van der Waals surface area contributed by atoms with Crippen LogP contribution in [-0.2, 0) is 18.9 Å². The Morgan fingerprint density at radius 2 is 1.73 bits per heavy atom. The van der Waals surface area contributed by atoms with Crippen molar-refractivity contribution in [3.05, 3.63) is 0 Å². The van der Waals surface area contributed by atoms with E-state index in [0.29, 0.717) is 32.3 Å². The van der Waals surface area contributed by atoms with Gasteiger partial charge in [0.05, 0.1) is 26.4 Å². The van der Waals surface area contributed by atoms with E-state index >= 15 is 0 Å². The van der Waals surface area contributed by atoms with Crippen LogP contribution in [0.4, 0.5) is 4.79 Å². The van der Waals surface area contributed by atoms with Gasteiger partial charge in [0.15, 0.2) is 0 Å². The van der Waals surface area contributed by atoms with Crippen LogP contribution in [-0.4, -0.2) is 46.3 Å². The average molecular weight is 220 g/mol. The van der Waals surface area contributed by atoms with E-state index in [1.807, 2.05) is 13.8 Å². The van der Waals surface area contributed by atoms with Crippen molar-refractivity contribution >= 4 is 6.16 Å². The van der Waals surface area contributed by atoms with Gasteiger partial charge in [-0.1, -0.05) is 13.8 Å². The first kappa shape index (κ1) is 14.2. The van der Waals surface area contributed by atoms with Crippen LogP contribution in [0, 0.1) is 5.92 Å². The highest BCUT2D eigenvalue weighted by atomic mass is 16.7. The molecule has 0 aliphatic carbocycles. The molecule has 5 heteroatoms. The molecule has 0 bridgehead atoms. The van der Waals surface area contributed by atoms with E-state index in [0.717, 1.165) is 0 Å². The van der Waals surface area contributed by atoms with Crippen molar-refractivity contribution in [2.24, 2.45) is 5.92 Å². The maximum Gasteiger partial charge on any atom is 0.508 e. The van der Waals surface area contributed by atoms with Gasteiger partial charge in [0.1, 0.15) is 6.61 Å². The lowest BCUT2D eigenvalue weighted by Crippen LogP contribution is -2.15. The minimum atomic E-state index is -0.640. The topological polar surface area (TPSA) is 54.0 Å². The third-order valence-electron chi connectivity index (χ3n) is 1.41. The van der Waals surface area contributed by atoms with Crippen LogP contribution in [0.25, 0.3) is 0 Å². The number of methoxy groups -OCH3 is 1. The maximum absolute atomic E-state index is 10.9. The smallest absolute Gasteiger partial charge is 0.434 e. The first-order valence-electron chi connectivity index (χ1n) is 5.03. The van der Waals surface area contributed by atoms with Crippen molar-refractivity contribution in [1.29, 1.82) is 0 Å². The van der Waals surface area contributed by atoms with Crippen molar-refractivity contribution in [2.45, 2.75) is 13.8 Å². The zero-order chi connectivity index (χ0) is 11.5. The second-order valence-electron chi connectivity index (χ2n) is 3.41. The highest BCUT2D eigenvalue weighted by molar-refractivity contribution is 5.59. The van der Waals surface area contributed by atoms with E-state index in [1.54, 1.807) is 7.11 Å². The van der Waals surface area contributed by atoms with Gasteiger partial charge >= 0.3 is 6.16 Å². The summed E-state index contributed by atoms with van der Waals surface area (Å²) in [5.74, 6) is 0.315. The number of ether oxygens (including phenoxy) is 4. The molecule has 0 fully saturated rings. The molecule has 0 amide bonds. The Kier molecular flexibility index (Phi) is 9.21. The van der Waals surface area contributed by atoms with Crippen LogP contribution >= 0.6 is 0 Å². The lowest BCUT2D eigenvalue weighted by atomic mass is 10.2. The van der Waals surface area contributed by atoms with E-state index in [9.17, 15) is 4.79 Å². The Bertz CT molecular complexity index is 158. The normalized spacial score (nSPS) is 10.4. The molecule has 0 aliphatic heterocycles. The molecule has 0 atom stereocenters. The number of carbonyl (C=O) groups excluding carboxylic acids is 1. The van der Waals surface area contributed by atoms with E-state index in [4.69, 9.17) is 18.9 Å². The Morgan fingerprint density at radius 3 is 2.33 bits per heavy atom. The predicted octanol–water partition coefficient (Wildman–Crippen LogP) is 1.46. The fraction of sp³-hybridized carbons (Fsp3) is 0.900. The third kappa shape index (κ3) is 11.1. The van der Waals surface area contributed by atoms with Gasteiger partial charge in [-0.3, -0.25) is 0 Å². The molecule has 0 aromatic carbocycles. The minimum absolute atomic E-state index is 0.209. The number of carbonyl (C=O) groups is 1. The molecule has 0 rings (SSSR count).